The van der Waals surface area contributed by atoms with E-state index in [2.05, 4.69) is 10.6 Å². The molecular weight excluding hydrogens is 350 g/mol. The molecule has 0 saturated carbocycles. The molecule has 0 unspecified atom stereocenters. The first kappa shape index (κ1) is 17.4. The van der Waals surface area contributed by atoms with Crippen molar-refractivity contribution in [1.29, 1.82) is 0 Å². The van der Waals surface area contributed by atoms with Gasteiger partial charge in [0.2, 0.25) is 21.8 Å². The molecule has 3 N–H and O–H groups in total. The maximum atomic E-state index is 12.8. The maximum Gasteiger partial charge on any atom is 0.307 e. The Labute approximate surface area is 144 Å². The van der Waals surface area contributed by atoms with Crippen molar-refractivity contribution in [2.75, 3.05) is 23.7 Å². The molecule has 9 nitrogen and oxygen atoms in total. The van der Waals surface area contributed by atoms with Crippen molar-refractivity contribution in [2.45, 2.75) is 24.2 Å². The number of nitrogens with one attached hydrogen (secondary N) is 2. The normalized spacial score (nSPS) is 21.7. The van der Waals surface area contributed by atoms with Crippen molar-refractivity contribution < 1.29 is 27.9 Å². The van der Waals surface area contributed by atoms with Gasteiger partial charge in [-0.05, 0) is 31.0 Å². The van der Waals surface area contributed by atoms with Crippen molar-refractivity contribution in [3.05, 3.63) is 18.2 Å². The van der Waals surface area contributed by atoms with E-state index in [9.17, 15) is 22.8 Å². The Kier molecular flexibility index (Phi) is 4.48. The summed E-state index contributed by atoms with van der Waals surface area (Å²) in [7, 11) is -3.90. The highest BCUT2D eigenvalue weighted by atomic mass is 32.2. The lowest BCUT2D eigenvalue weighted by Crippen LogP contribution is -2.42. The van der Waals surface area contributed by atoms with Gasteiger partial charge in [-0.3, -0.25) is 14.4 Å². The first-order chi connectivity index (χ1) is 11.8. The van der Waals surface area contributed by atoms with Crippen molar-refractivity contribution in [1.82, 2.24) is 4.31 Å². The summed E-state index contributed by atoms with van der Waals surface area (Å²) in [4.78, 5) is 34.3. The van der Waals surface area contributed by atoms with Gasteiger partial charge in [0.15, 0.2) is 0 Å². The number of nitrogens with zero attached hydrogens (tertiary/aromatic N) is 1. The largest absolute Gasteiger partial charge is 0.481 e. The molecule has 2 aliphatic rings. The second-order valence-electron chi connectivity index (χ2n) is 6.02. The van der Waals surface area contributed by atoms with Gasteiger partial charge in [-0.2, -0.15) is 4.31 Å². The molecule has 0 radical (unpaired) electrons. The summed E-state index contributed by atoms with van der Waals surface area (Å²) in [5.74, 6) is -2.76. The van der Waals surface area contributed by atoms with Crippen molar-refractivity contribution in [3.63, 3.8) is 0 Å². The van der Waals surface area contributed by atoms with Gasteiger partial charge in [0.25, 0.3) is 0 Å². The molecule has 2 aliphatic heterocycles. The lowest BCUT2D eigenvalue weighted by molar-refractivity contribution is -0.142. The van der Waals surface area contributed by atoms with Crippen LogP contribution in [0.1, 0.15) is 19.3 Å². The van der Waals surface area contributed by atoms with Crippen LogP contribution in [0, 0.1) is 5.92 Å². The number of hydrogen-bond acceptors (Lipinski definition) is 5. The summed E-state index contributed by atoms with van der Waals surface area (Å²) >= 11 is 0. The monoisotopic (exact) mass is 367 g/mol. The summed E-state index contributed by atoms with van der Waals surface area (Å²) in [5.41, 5.74) is 0.514. The molecule has 1 saturated heterocycles. The first-order valence-electron chi connectivity index (χ1n) is 7.74. The van der Waals surface area contributed by atoms with E-state index < -0.39 is 33.7 Å². The third kappa shape index (κ3) is 3.49. The van der Waals surface area contributed by atoms with Gasteiger partial charge < -0.3 is 15.7 Å². The fourth-order valence-corrected chi connectivity index (χ4v) is 4.49. The molecule has 10 heteroatoms. The van der Waals surface area contributed by atoms with Gasteiger partial charge in [0, 0.05) is 13.1 Å². The Morgan fingerprint density at radius 3 is 2.52 bits per heavy atom. The van der Waals surface area contributed by atoms with E-state index in [0.717, 1.165) is 4.31 Å². The van der Waals surface area contributed by atoms with E-state index in [4.69, 9.17) is 5.11 Å². The third-order valence-corrected chi connectivity index (χ3v) is 6.09. The summed E-state index contributed by atoms with van der Waals surface area (Å²) in [6, 6.07) is 4.01. The predicted molar refractivity (Wildman–Crippen MR) is 87.4 cm³/mol. The van der Waals surface area contributed by atoms with E-state index in [-0.39, 0.29) is 30.1 Å². The molecule has 0 aliphatic carbocycles. The molecule has 0 bridgehead atoms. The standard InChI is InChI=1S/C15H17N3O6S/c19-13-7-14(20)17-12-6-10(3-4-11(12)16-13)25(23,24)18-5-1-2-9(8-18)15(21)22/h3-4,6,9H,1-2,5,7-8H2,(H,16,19)(H,17,20)(H,21,22)/t9-/m0/s1. The molecule has 1 fully saturated rings. The van der Waals surface area contributed by atoms with Gasteiger partial charge >= 0.3 is 5.97 Å². The first-order valence-corrected chi connectivity index (χ1v) is 9.18. The van der Waals surface area contributed by atoms with Crippen LogP contribution in [0.3, 0.4) is 0 Å². The molecule has 2 heterocycles. The summed E-state index contributed by atoms with van der Waals surface area (Å²) < 4.78 is 26.8. The number of sulfonamides is 1. The zero-order chi connectivity index (χ0) is 18.2. The van der Waals surface area contributed by atoms with E-state index in [1.54, 1.807) is 0 Å². The second-order valence-corrected chi connectivity index (χ2v) is 7.96. The van der Waals surface area contributed by atoms with Crippen LogP contribution in [0.25, 0.3) is 0 Å². The minimum atomic E-state index is -3.90. The fourth-order valence-electron chi connectivity index (χ4n) is 2.94. The molecule has 1 atom stereocenters. The minimum Gasteiger partial charge on any atom is -0.481 e. The molecule has 1 aromatic rings. The van der Waals surface area contributed by atoms with Crippen LogP contribution >= 0.6 is 0 Å². The Hall–Kier alpha value is -2.46. The van der Waals surface area contributed by atoms with Gasteiger partial charge in [0.05, 0.1) is 22.2 Å². The Morgan fingerprint density at radius 2 is 1.84 bits per heavy atom. The number of fused-ring (bicyclic) bond motifs is 1. The fraction of sp³-hybridized carbons (Fsp3) is 0.400. The predicted octanol–water partition coefficient (Wildman–Crippen LogP) is 0.453. The quantitative estimate of drug-likeness (QED) is 0.665. The number of carbonyl (C=O) groups is 3. The molecule has 0 aromatic heterocycles. The summed E-state index contributed by atoms with van der Waals surface area (Å²) in [6.45, 7) is 0.157. The van der Waals surface area contributed by atoms with Crippen LogP contribution < -0.4 is 10.6 Å². The highest BCUT2D eigenvalue weighted by Crippen LogP contribution is 2.30. The average Bonchev–Trinajstić information content (AvgIpc) is 2.70. The van der Waals surface area contributed by atoms with Crippen molar-refractivity contribution >= 4 is 39.2 Å². The van der Waals surface area contributed by atoms with Crippen molar-refractivity contribution in [2.24, 2.45) is 5.92 Å². The molecule has 0 spiro atoms. The van der Waals surface area contributed by atoms with E-state index in [0.29, 0.717) is 18.5 Å². The van der Waals surface area contributed by atoms with Crippen LogP contribution in [0.2, 0.25) is 0 Å². The third-order valence-electron chi connectivity index (χ3n) is 4.23. The van der Waals surface area contributed by atoms with E-state index in [1.165, 1.54) is 18.2 Å². The maximum absolute atomic E-state index is 12.8. The molecule has 1 aromatic carbocycles. The van der Waals surface area contributed by atoms with Gasteiger partial charge in [-0.25, -0.2) is 8.42 Å². The molecule has 3 rings (SSSR count). The van der Waals surface area contributed by atoms with Crippen molar-refractivity contribution in [3.8, 4) is 0 Å². The number of carbonyl (C=O) groups excluding carboxylic acids is 2. The smallest absolute Gasteiger partial charge is 0.307 e. The molecule has 134 valence electrons. The lowest BCUT2D eigenvalue weighted by atomic mass is 10.0. The zero-order valence-corrected chi connectivity index (χ0v) is 14.0. The number of piperidine rings is 1. The number of aliphatic carboxylic acids is 1. The zero-order valence-electron chi connectivity index (χ0n) is 13.2. The van der Waals surface area contributed by atoms with E-state index in [1.807, 2.05) is 0 Å². The molecule has 2 amide bonds. The Balaban J connectivity index is 1.92. The number of carboxylic acid groups (broad SMARTS) is 1. The van der Waals surface area contributed by atoms with Crippen LogP contribution in [0.15, 0.2) is 23.1 Å². The highest BCUT2D eigenvalue weighted by Gasteiger charge is 2.33. The van der Waals surface area contributed by atoms with E-state index >= 15 is 0 Å². The van der Waals surface area contributed by atoms with Crippen LogP contribution in [-0.4, -0.2) is 48.7 Å². The summed E-state index contributed by atoms with van der Waals surface area (Å²) in [6.07, 6.45) is 0.560. The SMILES string of the molecule is O=C1CC(=O)Nc2cc(S(=O)(=O)N3CCC[C@H](C(=O)O)C3)ccc2N1. The number of carboxylic acids is 1. The van der Waals surface area contributed by atoms with Crippen LogP contribution in [-0.2, 0) is 24.4 Å². The number of hydrogen-bond donors (Lipinski definition) is 3. The van der Waals surface area contributed by atoms with Crippen LogP contribution in [0.5, 0.6) is 0 Å². The summed E-state index contributed by atoms with van der Waals surface area (Å²) in [5, 5.41) is 14.1. The van der Waals surface area contributed by atoms with Gasteiger partial charge in [-0.15, -0.1) is 0 Å². The average molecular weight is 367 g/mol. The topological polar surface area (TPSA) is 133 Å². The second kappa shape index (κ2) is 6.45. The van der Waals surface area contributed by atoms with Gasteiger partial charge in [-0.1, -0.05) is 0 Å². The van der Waals surface area contributed by atoms with Gasteiger partial charge in [0.1, 0.15) is 6.42 Å². The lowest BCUT2D eigenvalue weighted by Gasteiger charge is -2.30. The Morgan fingerprint density at radius 1 is 1.16 bits per heavy atom. The highest BCUT2D eigenvalue weighted by molar-refractivity contribution is 7.89. The number of amides is 2. The molecule has 25 heavy (non-hydrogen) atoms. The Bertz CT molecular complexity index is 851. The number of benzene rings is 1. The molecular formula is C15H17N3O6S. The number of rotatable bonds is 3. The number of anilines is 2. The van der Waals surface area contributed by atoms with Crippen LogP contribution in [0.4, 0.5) is 11.4 Å². The minimum absolute atomic E-state index is 0.0614.